The predicted octanol–water partition coefficient (Wildman–Crippen LogP) is 3.37. The monoisotopic (exact) mass is 283 g/mol. The van der Waals surface area contributed by atoms with E-state index in [4.69, 9.17) is 16.3 Å². The average molecular weight is 284 g/mol. The molecule has 0 atom stereocenters. The molecule has 1 aromatic heterocycles. The van der Waals surface area contributed by atoms with Crippen molar-refractivity contribution in [1.29, 1.82) is 0 Å². The maximum absolute atomic E-state index is 6.16. The van der Waals surface area contributed by atoms with E-state index in [9.17, 15) is 0 Å². The van der Waals surface area contributed by atoms with Crippen molar-refractivity contribution in [3.8, 4) is 0 Å². The van der Waals surface area contributed by atoms with Gasteiger partial charge in [0.05, 0.1) is 6.10 Å². The molecule has 19 heavy (non-hydrogen) atoms. The highest BCUT2D eigenvalue weighted by molar-refractivity contribution is 6.30. The second-order valence-corrected chi connectivity index (χ2v) is 5.40. The maximum Gasteiger partial charge on any atom is 0.137 e. The summed E-state index contributed by atoms with van der Waals surface area (Å²) in [7, 11) is 0. The zero-order valence-electron chi connectivity index (χ0n) is 11.9. The third kappa shape index (κ3) is 3.57. The summed E-state index contributed by atoms with van der Waals surface area (Å²) in [6, 6.07) is 0.440. The van der Waals surface area contributed by atoms with E-state index in [1.807, 2.05) is 13.8 Å². The Bertz CT molecular complexity index is 433. The van der Waals surface area contributed by atoms with Crippen molar-refractivity contribution in [1.82, 2.24) is 9.97 Å². The fourth-order valence-corrected chi connectivity index (χ4v) is 2.44. The first-order valence-corrected chi connectivity index (χ1v) is 7.43. The van der Waals surface area contributed by atoms with Gasteiger partial charge in [0.2, 0.25) is 0 Å². The third-order valence-electron chi connectivity index (χ3n) is 3.44. The summed E-state index contributed by atoms with van der Waals surface area (Å²) in [6.07, 6.45) is 4.36. The van der Waals surface area contributed by atoms with Crippen LogP contribution in [0, 0.1) is 6.92 Å². The van der Waals surface area contributed by atoms with E-state index in [1.54, 1.807) is 0 Å². The molecule has 2 rings (SSSR count). The number of hydrogen-bond donors (Lipinski definition) is 1. The van der Waals surface area contributed by atoms with Crippen LogP contribution >= 0.6 is 11.6 Å². The molecule has 1 aromatic rings. The zero-order chi connectivity index (χ0) is 13.8. The van der Waals surface area contributed by atoms with Crippen LogP contribution in [-0.2, 0) is 11.2 Å². The van der Waals surface area contributed by atoms with Crippen LogP contribution in [0.1, 0.15) is 44.5 Å². The molecule has 0 radical (unpaired) electrons. The largest absolute Gasteiger partial charge is 0.378 e. The Balaban J connectivity index is 2.00. The quantitative estimate of drug-likeness (QED) is 0.813. The van der Waals surface area contributed by atoms with Crippen molar-refractivity contribution < 1.29 is 4.74 Å². The SMILES string of the molecule is CCCc1nc(Cl)c(C)c(NC2CC(OCC)C2)n1. The van der Waals surface area contributed by atoms with Gasteiger partial charge in [-0.15, -0.1) is 0 Å². The average Bonchev–Trinajstić information content (AvgIpc) is 2.33. The first kappa shape index (κ1) is 14.5. The molecule has 0 bridgehead atoms. The zero-order valence-corrected chi connectivity index (χ0v) is 12.6. The van der Waals surface area contributed by atoms with E-state index in [2.05, 4.69) is 22.2 Å². The number of nitrogens with one attached hydrogen (secondary N) is 1. The van der Waals surface area contributed by atoms with Gasteiger partial charge in [0.15, 0.2) is 0 Å². The lowest BCUT2D eigenvalue weighted by Gasteiger charge is -2.36. The number of rotatable bonds is 6. The van der Waals surface area contributed by atoms with Crippen LogP contribution in [0.15, 0.2) is 0 Å². The minimum atomic E-state index is 0.398. The Hall–Kier alpha value is -0.870. The maximum atomic E-state index is 6.16. The molecule has 4 nitrogen and oxygen atoms in total. The van der Waals surface area contributed by atoms with Gasteiger partial charge in [-0.1, -0.05) is 18.5 Å². The molecule has 0 spiro atoms. The Kier molecular flexibility index (Phi) is 4.99. The van der Waals surface area contributed by atoms with Crippen LogP contribution in [-0.4, -0.2) is 28.7 Å². The summed E-state index contributed by atoms with van der Waals surface area (Å²) >= 11 is 6.16. The minimum absolute atomic E-state index is 0.398. The van der Waals surface area contributed by atoms with Crippen LogP contribution in [0.25, 0.3) is 0 Å². The fraction of sp³-hybridized carbons (Fsp3) is 0.714. The number of hydrogen-bond acceptors (Lipinski definition) is 4. The molecule has 1 N–H and O–H groups in total. The fourth-order valence-electron chi connectivity index (χ4n) is 2.26. The minimum Gasteiger partial charge on any atom is -0.378 e. The van der Waals surface area contributed by atoms with Gasteiger partial charge in [-0.25, -0.2) is 9.97 Å². The number of ether oxygens (including phenoxy) is 1. The van der Waals surface area contributed by atoms with Crippen LogP contribution in [0.3, 0.4) is 0 Å². The molecule has 1 aliphatic carbocycles. The summed E-state index contributed by atoms with van der Waals surface area (Å²) < 4.78 is 5.56. The van der Waals surface area contributed by atoms with Gasteiger partial charge < -0.3 is 10.1 Å². The summed E-state index contributed by atoms with van der Waals surface area (Å²) in [6.45, 7) is 6.89. The Morgan fingerprint density at radius 3 is 2.68 bits per heavy atom. The van der Waals surface area contributed by atoms with E-state index < -0.39 is 0 Å². The lowest BCUT2D eigenvalue weighted by Crippen LogP contribution is -2.41. The van der Waals surface area contributed by atoms with Gasteiger partial charge in [-0.3, -0.25) is 0 Å². The molecule has 1 fully saturated rings. The lowest BCUT2D eigenvalue weighted by atomic mass is 9.89. The number of halogens is 1. The number of aryl methyl sites for hydroxylation is 1. The lowest BCUT2D eigenvalue weighted by molar-refractivity contribution is 0.00291. The van der Waals surface area contributed by atoms with Crippen molar-refractivity contribution >= 4 is 17.4 Å². The van der Waals surface area contributed by atoms with Gasteiger partial charge in [-0.05, 0) is 33.1 Å². The Morgan fingerprint density at radius 2 is 2.05 bits per heavy atom. The smallest absolute Gasteiger partial charge is 0.137 e. The van der Waals surface area contributed by atoms with Gasteiger partial charge >= 0.3 is 0 Å². The van der Waals surface area contributed by atoms with E-state index in [-0.39, 0.29) is 0 Å². The highest BCUT2D eigenvalue weighted by Gasteiger charge is 2.30. The summed E-state index contributed by atoms with van der Waals surface area (Å²) in [5.74, 6) is 1.70. The predicted molar refractivity (Wildman–Crippen MR) is 77.8 cm³/mol. The molecule has 0 unspecified atom stereocenters. The standard InChI is InChI=1S/C14H22ClN3O/c1-4-6-12-17-13(15)9(3)14(18-12)16-10-7-11(8-10)19-5-2/h10-11H,4-8H2,1-3H3,(H,16,17,18). The molecule has 0 aliphatic heterocycles. The molecule has 106 valence electrons. The number of nitrogens with zero attached hydrogens (tertiary/aromatic N) is 2. The van der Waals surface area contributed by atoms with Crippen LogP contribution < -0.4 is 5.32 Å². The topological polar surface area (TPSA) is 47.0 Å². The van der Waals surface area contributed by atoms with Crippen LogP contribution in [0.5, 0.6) is 0 Å². The summed E-state index contributed by atoms with van der Waals surface area (Å²) in [4.78, 5) is 8.88. The van der Waals surface area contributed by atoms with Gasteiger partial charge in [0, 0.05) is 24.6 Å². The van der Waals surface area contributed by atoms with Crippen molar-refractivity contribution in [2.75, 3.05) is 11.9 Å². The van der Waals surface area contributed by atoms with Crippen molar-refractivity contribution in [2.45, 2.75) is 58.6 Å². The summed E-state index contributed by atoms with van der Waals surface area (Å²) in [5.41, 5.74) is 0.932. The first-order valence-electron chi connectivity index (χ1n) is 7.05. The molecule has 5 heteroatoms. The highest BCUT2D eigenvalue weighted by atomic mass is 35.5. The van der Waals surface area contributed by atoms with Crippen molar-refractivity contribution in [3.63, 3.8) is 0 Å². The Labute approximate surface area is 119 Å². The molecule has 0 amide bonds. The van der Waals surface area contributed by atoms with E-state index in [0.717, 1.165) is 49.5 Å². The van der Waals surface area contributed by atoms with Crippen LogP contribution in [0.2, 0.25) is 5.15 Å². The highest BCUT2D eigenvalue weighted by Crippen LogP contribution is 2.28. The molecule has 0 saturated heterocycles. The molecule has 1 heterocycles. The van der Waals surface area contributed by atoms with E-state index in [0.29, 0.717) is 17.3 Å². The molecule has 0 aromatic carbocycles. The molecule has 1 aliphatic rings. The van der Waals surface area contributed by atoms with Crippen molar-refractivity contribution in [2.24, 2.45) is 0 Å². The third-order valence-corrected chi connectivity index (χ3v) is 3.81. The number of anilines is 1. The van der Waals surface area contributed by atoms with Gasteiger partial charge in [-0.2, -0.15) is 0 Å². The van der Waals surface area contributed by atoms with E-state index in [1.165, 1.54) is 0 Å². The number of aromatic nitrogens is 2. The van der Waals surface area contributed by atoms with Crippen molar-refractivity contribution in [3.05, 3.63) is 16.5 Å². The van der Waals surface area contributed by atoms with E-state index >= 15 is 0 Å². The Morgan fingerprint density at radius 1 is 1.32 bits per heavy atom. The first-order chi connectivity index (χ1) is 9.13. The van der Waals surface area contributed by atoms with Crippen LogP contribution in [0.4, 0.5) is 5.82 Å². The molecular formula is C14H22ClN3O. The second-order valence-electron chi connectivity index (χ2n) is 5.04. The molecule has 1 saturated carbocycles. The van der Waals surface area contributed by atoms with Gasteiger partial charge in [0.25, 0.3) is 0 Å². The molecular weight excluding hydrogens is 262 g/mol. The van der Waals surface area contributed by atoms with Gasteiger partial charge in [0.1, 0.15) is 16.8 Å². The summed E-state index contributed by atoms with van der Waals surface area (Å²) in [5, 5.41) is 4.02. The normalized spacial score (nSPS) is 22.1. The second kappa shape index (κ2) is 6.53.